The molecule has 1 amide bonds. The minimum atomic E-state index is -0.0966. The van der Waals surface area contributed by atoms with Gasteiger partial charge >= 0.3 is 0 Å². The van der Waals surface area contributed by atoms with Gasteiger partial charge in [0.1, 0.15) is 0 Å². The Balaban J connectivity index is 2.26. The number of hydrogen-bond acceptors (Lipinski definition) is 3. The fourth-order valence-corrected chi connectivity index (χ4v) is 6.94. The fraction of sp³-hybridized carbons (Fsp3) is 0.975. The molecular formula is C40H80N2O2. The molecule has 1 saturated carbocycles. The Labute approximate surface area is 276 Å². The molecule has 1 rings (SSSR count). The summed E-state index contributed by atoms with van der Waals surface area (Å²) in [5.74, 6) is 0.417. The highest BCUT2D eigenvalue weighted by atomic mass is 16.3. The number of unbranched alkanes of at least 4 members (excludes halogenated alkanes) is 23. The molecular weight excluding hydrogens is 540 g/mol. The SMILES string of the molecule is CCCCCCCCCCN(CCCCCCCCCC)C(=O)CCCCCCCN(CCCCCCCC)C1CCC1O. The van der Waals surface area contributed by atoms with Crippen molar-refractivity contribution < 1.29 is 9.90 Å². The Morgan fingerprint density at radius 1 is 0.477 bits per heavy atom. The summed E-state index contributed by atoms with van der Waals surface area (Å²) >= 11 is 0. The zero-order chi connectivity index (χ0) is 31.9. The number of nitrogens with zero attached hydrogens (tertiary/aromatic N) is 2. The third-order valence-corrected chi connectivity index (χ3v) is 10.2. The first-order chi connectivity index (χ1) is 21.6. The van der Waals surface area contributed by atoms with Crippen LogP contribution in [0.5, 0.6) is 0 Å². The molecule has 0 spiro atoms. The number of aliphatic hydroxyl groups is 1. The summed E-state index contributed by atoms with van der Waals surface area (Å²) in [6.07, 6.45) is 38.1. The number of carbonyl (C=O) groups excluding carboxylic acids is 1. The first-order valence-electron chi connectivity index (χ1n) is 20.3. The van der Waals surface area contributed by atoms with Gasteiger partial charge in [0.25, 0.3) is 0 Å². The average molecular weight is 621 g/mol. The predicted molar refractivity (Wildman–Crippen MR) is 193 cm³/mol. The van der Waals surface area contributed by atoms with E-state index in [-0.39, 0.29) is 6.10 Å². The standard InChI is InChI=1S/C40H80N2O2/c1-4-7-10-13-16-18-23-29-36-42(37-30-24-19-17-14-11-8-5-2)40(44)31-26-21-20-25-28-35-41(38-32-33-39(38)43)34-27-22-15-12-9-6-3/h38-39,43H,4-37H2,1-3H3. The van der Waals surface area contributed by atoms with E-state index in [2.05, 4.69) is 30.6 Å². The first kappa shape index (κ1) is 41.4. The lowest BCUT2D eigenvalue weighted by Crippen LogP contribution is -2.51. The van der Waals surface area contributed by atoms with Crippen molar-refractivity contribution in [1.29, 1.82) is 0 Å². The lowest BCUT2D eigenvalue weighted by atomic mass is 9.87. The summed E-state index contributed by atoms with van der Waals surface area (Å²) in [4.78, 5) is 18.1. The van der Waals surface area contributed by atoms with Crippen LogP contribution in [0.3, 0.4) is 0 Å². The van der Waals surface area contributed by atoms with Crippen molar-refractivity contribution in [2.75, 3.05) is 26.2 Å². The van der Waals surface area contributed by atoms with E-state index in [9.17, 15) is 9.90 Å². The Hall–Kier alpha value is -0.610. The minimum absolute atomic E-state index is 0.0966. The molecule has 262 valence electrons. The van der Waals surface area contributed by atoms with Crippen LogP contribution >= 0.6 is 0 Å². The van der Waals surface area contributed by atoms with Crippen LogP contribution in [-0.4, -0.2) is 59.1 Å². The molecule has 1 aliphatic rings. The molecule has 1 N–H and O–H groups in total. The van der Waals surface area contributed by atoms with Crippen LogP contribution in [0.15, 0.2) is 0 Å². The van der Waals surface area contributed by atoms with E-state index < -0.39 is 0 Å². The highest BCUT2D eigenvalue weighted by Crippen LogP contribution is 2.26. The monoisotopic (exact) mass is 621 g/mol. The van der Waals surface area contributed by atoms with E-state index in [1.54, 1.807) is 0 Å². The van der Waals surface area contributed by atoms with Gasteiger partial charge in [0.05, 0.1) is 6.10 Å². The van der Waals surface area contributed by atoms with Gasteiger partial charge < -0.3 is 10.0 Å². The topological polar surface area (TPSA) is 43.8 Å². The van der Waals surface area contributed by atoms with Gasteiger partial charge in [0.2, 0.25) is 5.91 Å². The molecule has 4 nitrogen and oxygen atoms in total. The summed E-state index contributed by atoms with van der Waals surface area (Å²) < 4.78 is 0. The summed E-state index contributed by atoms with van der Waals surface area (Å²) in [6.45, 7) is 11.1. The maximum Gasteiger partial charge on any atom is 0.222 e. The van der Waals surface area contributed by atoms with Crippen molar-refractivity contribution in [2.24, 2.45) is 0 Å². The predicted octanol–water partition coefficient (Wildman–Crippen LogP) is 11.6. The highest BCUT2D eigenvalue weighted by molar-refractivity contribution is 5.76. The van der Waals surface area contributed by atoms with Gasteiger partial charge in [-0.1, -0.05) is 162 Å². The second kappa shape index (κ2) is 31.0. The van der Waals surface area contributed by atoms with Gasteiger partial charge in [-0.05, 0) is 58.0 Å². The number of carbonyl (C=O) groups is 1. The van der Waals surface area contributed by atoms with E-state index in [0.29, 0.717) is 11.9 Å². The second-order valence-electron chi connectivity index (χ2n) is 14.4. The molecule has 0 bridgehead atoms. The van der Waals surface area contributed by atoms with Crippen molar-refractivity contribution in [1.82, 2.24) is 9.80 Å². The smallest absolute Gasteiger partial charge is 0.222 e. The zero-order valence-electron chi connectivity index (χ0n) is 30.4. The van der Waals surface area contributed by atoms with E-state index in [0.717, 1.165) is 45.4 Å². The van der Waals surface area contributed by atoms with Crippen LogP contribution in [0, 0.1) is 0 Å². The van der Waals surface area contributed by atoms with Crippen molar-refractivity contribution >= 4 is 5.91 Å². The van der Waals surface area contributed by atoms with Gasteiger partial charge in [-0.3, -0.25) is 9.69 Å². The largest absolute Gasteiger partial charge is 0.391 e. The molecule has 0 radical (unpaired) electrons. The molecule has 1 aliphatic carbocycles. The molecule has 1 fully saturated rings. The summed E-state index contributed by atoms with van der Waals surface area (Å²) in [5, 5.41) is 10.3. The van der Waals surface area contributed by atoms with Crippen LogP contribution in [0.25, 0.3) is 0 Å². The number of rotatable bonds is 34. The number of aliphatic hydroxyl groups excluding tert-OH is 1. The molecule has 0 heterocycles. The van der Waals surface area contributed by atoms with Crippen LogP contribution in [0.2, 0.25) is 0 Å². The molecule has 2 unspecified atom stereocenters. The third kappa shape index (κ3) is 22.8. The summed E-state index contributed by atoms with van der Waals surface area (Å²) in [7, 11) is 0. The molecule has 0 aliphatic heterocycles. The Kier molecular flexibility index (Phi) is 29.2. The maximum atomic E-state index is 13.2. The highest BCUT2D eigenvalue weighted by Gasteiger charge is 2.33. The van der Waals surface area contributed by atoms with Crippen LogP contribution < -0.4 is 0 Å². The zero-order valence-corrected chi connectivity index (χ0v) is 30.4. The molecule has 0 aromatic carbocycles. The lowest BCUT2D eigenvalue weighted by Gasteiger charge is -2.42. The summed E-state index contributed by atoms with van der Waals surface area (Å²) in [6, 6.07) is 0.413. The molecule has 0 saturated heterocycles. The van der Waals surface area contributed by atoms with E-state index >= 15 is 0 Å². The molecule has 2 atom stereocenters. The quantitative estimate of drug-likeness (QED) is 0.0728. The maximum absolute atomic E-state index is 13.2. The van der Waals surface area contributed by atoms with Crippen molar-refractivity contribution in [3.8, 4) is 0 Å². The van der Waals surface area contributed by atoms with Gasteiger partial charge in [0, 0.05) is 25.6 Å². The third-order valence-electron chi connectivity index (χ3n) is 10.2. The van der Waals surface area contributed by atoms with E-state index in [4.69, 9.17) is 0 Å². The van der Waals surface area contributed by atoms with Gasteiger partial charge in [-0.25, -0.2) is 0 Å². The Morgan fingerprint density at radius 3 is 1.16 bits per heavy atom. The number of amides is 1. The van der Waals surface area contributed by atoms with Crippen LogP contribution in [-0.2, 0) is 4.79 Å². The second-order valence-corrected chi connectivity index (χ2v) is 14.4. The van der Waals surface area contributed by atoms with Crippen LogP contribution in [0.4, 0.5) is 0 Å². The van der Waals surface area contributed by atoms with Crippen molar-refractivity contribution in [2.45, 2.75) is 226 Å². The Morgan fingerprint density at radius 2 is 0.818 bits per heavy atom. The molecule has 0 aromatic rings. The molecule has 4 heteroatoms. The van der Waals surface area contributed by atoms with Crippen molar-refractivity contribution in [3.05, 3.63) is 0 Å². The first-order valence-corrected chi connectivity index (χ1v) is 20.3. The van der Waals surface area contributed by atoms with Crippen molar-refractivity contribution in [3.63, 3.8) is 0 Å². The van der Waals surface area contributed by atoms with Crippen LogP contribution in [0.1, 0.15) is 213 Å². The lowest BCUT2D eigenvalue weighted by molar-refractivity contribution is -0.131. The van der Waals surface area contributed by atoms with Gasteiger partial charge in [-0.15, -0.1) is 0 Å². The normalized spacial score (nSPS) is 16.5. The average Bonchev–Trinajstić information content (AvgIpc) is 3.02. The van der Waals surface area contributed by atoms with E-state index in [1.807, 2.05) is 0 Å². The Bertz CT molecular complexity index is 592. The number of hydrogen-bond donors (Lipinski definition) is 1. The van der Waals surface area contributed by atoms with Gasteiger partial charge in [0.15, 0.2) is 0 Å². The van der Waals surface area contributed by atoms with E-state index in [1.165, 1.54) is 173 Å². The molecule has 44 heavy (non-hydrogen) atoms. The molecule has 0 aromatic heterocycles. The summed E-state index contributed by atoms with van der Waals surface area (Å²) in [5.41, 5.74) is 0. The minimum Gasteiger partial charge on any atom is -0.391 e. The van der Waals surface area contributed by atoms with Gasteiger partial charge in [-0.2, -0.15) is 0 Å². The fourth-order valence-electron chi connectivity index (χ4n) is 6.94.